The Labute approximate surface area is 127 Å². The van der Waals surface area contributed by atoms with Crippen LogP contribution in [0.3, 0.4) is 0 Å². The van der Waals surface area contributed by atoms with Crippen molar-refractivity contribution in [2.45, 2.75) is 18.6 Å². The third-order valence-corrected chi connectivity index (χ3v) is 3.78. The molecule has 0 bridgehead atoms. The van der Waals surface area contributed by atoms with Crippen LogP contribution in [0, 0.1) is 5.82 Å². The average Bonchev–Trinajstić information content (AvgIpc) is 2.91. The van der Waals surface area contributed by atoms with Gasteiger partial charge in [-0.15, -0.1) is 0 Å². The molecular formula is C14H17ClFNO4. The molecule has 21 heavy (non-hydrogen) atoms. The van der Waals surface area contributed by atoms with Crippen molar-refractivity contribution in [3.05, 3.63) is 29.0 Å². The predicted octanol–water partition coefficient (Wildman–Crippen LogP) is 1.47. The van der Waals surface area contributed by atoms with E-state index in [1.165, 1.54) is 18.2 Å². The molecular weight excluding hydrogens is 301 g/mol. The van der Waals surface area contributed by atoms with Crippen molar-refractivity contribution in [2.24, 2.45) is 0 Å². The van der Waals surface area contributed by atoms with E-state index in [4.69, 9.17) is 21.1 Å². The summed E-state index contributed by atoms with van der Waals surface area (Å²) < 4.78 is 23.5. The number of ether oxygens (including phenoxy) is 2. The summed E-state index contributed by atoms with van der Waals surface area (Å²) in [6.45, 7) is 0.108. The van der Waals surface area contributed by atoms with Crippen LogP contribution in [-0.2, 0) is 9.53 Å². The molecule has 2 rings (SSSR count). The van der Waals surface area contributed by atoms with Gasteiger partial charge < -0.3 is 19.5 Å². The Morgan fingerprint density at radius 2 is 2.33 bits per heavy atom. The molecule has 1 aromatic rings. The third kappa shape index (κ3) is 3.84. The highest BCUT2D eigenvalue weighted by Gasteiger charge is 2.34. The maximum absolute atomic E-state index is 13.0. The molecule has 0 aliphatic carbocycles. The van der Waals surface area contributed by atoms with E-state index in [2.05, 4.69) is 0 Å². The highest BCUT2D eigenvalue weighted by molar-refractivity contribution is 6.30. The van der Waals surface area contributed by atoms with Crippen LogP contribution >= 0.6 is 11.6 Å². The summed E-state index contributed by atoms with van der Waals surface area (Å²) in [5.74, 6) is -0.481. The van der Waals surface area contributed by atoms with Crippen LogP contribution in [0.25, 0.3) is 0 Å². The fourth-order valence-corrected chi connectivity index (χ4v) is 2.49. The number of carbonyl (C=O) groups is 1. The van der Waals surface area contributed by atoms with Gasteiger partial charge in [-0.3, -0.25) is 4.79 Å². The Balaban J connectivity index is 1.93. The van der Waals surface area contributed by atoms with Crippen molar-refractivity contribution in [2.75, 3.05) is 26.9 Å². The molecule has 0 radical (unpaired) electrons. The van der Waals surface area contributed by atoms with Crippen LogP contribution < -0.4 is 4.74 Å². The minimum atomic E-state index is -0.543. The van der Waals surface area contributed by atoms with Gasteiger partial charge in [0.25, 0.3) is 5.91 Å². The van der Waals surface area contributed by atoms with Gasteiger partial charge in [0, 0.05) is 19.7 Å². The van der Waals surface area contributed by atoms with Gasteiger partial charge in [-0.25, -0.2) is 4.39 Å². The first-order valence-electron chi connectivity index (χ1n) is 6.56. The van der Waals surface area contributed by atoms with Crippen LogP contribution in [0.5, 0.6) is 5.75 Å². The van der Waals surface area contributed by atoms with E-state index in [0.717, 1.165) is 0 Å². The summed E-state index contributed by atoms with van der Waals surface area (Å²) >= 11 is 5.64. The molecule has 1 aliphatic rings. The van der Waals surface area contributed by atoms with E-state index in [1.54, 1.807) is 12.0 Å². The van der Waals surface area contributed by atoms with E-state index in [1.807, 2.05) is 0 Å². The zero-order valence-electron chi connectivity index (χ0n) is 11.6. The number of nitrogens with zero attached hydrogens (tertiary/aromatic N) is 1. The van der Waals surface area contributed by atoms with Crippen molar-refractivity contribution in [3.8, 4) is 5.75 Å². The van der Waals surface area contributed by atoms with Gasteiger partial charge in [0.2, 0.25) is 0 Å². The van der Waals surface area contributed by atoms with Crippen molar-refractivity contribution in [3.63, 3.8) is 0 Å². The van der Waals surface area contributed by atoms with Crippen LogP contribution in [0.15, 0.2) is 18.2 Å². The summed E-state index contributed by atoms with van der Waals surface area (Å²) in [5.41, 5.74) is 0. The first kappa shape index (κ1) is 16.0. The fraction of sp³-hybridized carbons (Fsp3) is 0.500. The molecule has 0 unspecified atom stereocenters. The molecule has 1 aliphatic heterocycles. The normalized spacial score (nSPS) is 21.6. The molecule has 1 N–H and O–H groups in total. The molecule has 2 atom stereocenters. The molecule has 0 saturated carbocycles. The summed E-state index contributed by atoms with van der Waals surface area (Å²) in [4.78, 5) is 13.7. The van der Waals surface area contributed by atoms with Crippen LogP contribution in [0.4, 0.5) is 4.39 Å². The Morgan fingerprint density at radius 1 is 1.57 bits per heavy atom. The molecule has 1 fully saturated rings. The second-order valence-corrected chi connectivity index (χ2v) is 5.25. The highest BCUT2D eigenvalue weighted by atomic mass is 35.5. The minimum Gasteiger partial charge on any atom is -0.484 e. The number of halogens is 2. The topological polar surface area (TPSA) is 59.0 Å². The van der Waals surface area contributed by atoms with Gasteiger partial charge in [-0.2, -0.15) is 0 Å². The zero-order chi connectivity index (χ0) is 15.4. The van der Waals surface area contributed by atoms with Crippen LogP contribution in [-0.4, -0.2) is 54.9 Å². The number of benzene rings is 1. The number of hydrogen-bond donors (Lipinski definition) is 1. The Bertz CT molecular complexity index is 514. The summed E-state index contributed by atoms with van der Waals surface area (Å²) in [6, 6.07) is 3.63. The largest absolute Gasteiger partial charge is 0.484 e. The number of amides is 1. The first-order valence-corrected chi connectivity index (χ1v) is 6.94. The predicted molar refractivity (Wildman–Crippen MR) is 74.9 cm³/mol. The molecule has 0 aromatic heterocycles. The number of aliphatic hydroxyl groups is 1. The molecule has 5 nitrogen and oxygen atoms in total. The number of rotatable bonds is 5. The second-order valence-electron chi connectivity index (χ2n) is 4.84. The lowest BCUT2D eigenvalue weighted by Crippen LogP contribution is -2.40. The van der Waals surface area contributed by atoms with Gasteiger partial charge in [-0.1, -0.05) is 11.6 Å². The number of aliphatic hydroxyl groups excluding tert-OH is 1. The van der Waals surface area contributed by atoms with Crippen molar-refractivity contribution >= 4 is 17.5 Å². The number of hydrogen-bond acceptors (Lipinski definition) is 4. The summed E-state index contributed by atoms with van der Waals surface area (Å²) in [5, 5.41) is 9.24. The van der Waals surface area contributed by atoms with E-state index in [0.29, 0.717) is 18.7 Å². The molecule has 116 valence electrons. The minimum absolute atomic E-state index is 0.0613. The lowest BCUT2D eigenvalue weighted by molar-refractivity contribution is -0.135. The van der Waals surface area contributed by atoms with Gasteiger partial charge >= 0.3 is 0 Å². The molecule has 1 heterocycles. The maximum atomic E-state index is 13.0. The second kappa shape index (κ2) is 7.06. The zero-order valence-corrected chi connectivity index (χ0v) is 12.3. The van der Waals surface area contributed by atoms with Gasteiger partial charge in [0.05, 0.1) is 23.8 Å². The Hall–Kier alpha value is -1.37. The highest BCUT2D eigenvalue weighted by Crippen LogP contribution is 2.22. The van der Waals surface area contributed by atoms with Crippen LogP contribution in [0.1, 0.15) is 6.42 Å². The Morgan fingerprint density at radius 3 is 2.95 bits per heavy atom. The number of methoxy groups -OCH3 is 1. The van der Waals surface area contributed by atoms with Crippen molar-refractivity contribution in [1.82, 2.24) is 4.90 Å². The van der Waals surface area contributed by atoms with Gasteiger partial charge in [0.15, 0.2) is 6.61 Å². The SMILES string of the molecule is CO[C@H]1C[C@@H](CO)N(C(=O)COc2ccc(F)c(Cl)c2)C1. The Kier molecular flexibility index (Phi) is 5.39. The summed E-state index contributed by atoms with van der Waals surface area (Å²) in [6.07, 6.45) is 0.521. The standard InChI is InChI=1S/C14H17ClFNO4/c1-20-11-4-9(7-18)17(6-11)14(19)8-21-10-2-3-13(16)12(15)5-10/h2-3,5,9,11,18H,4,6-8H2,1H3/t9-,11-/m0/s1. The van der Waals surface area contributed by atoms with E-state index >= 15 is 0 Å². The molecule has 0 spiro atoms. The average molecular weight is 318 g/mol. The van der Waals surface area contributed by atoms with Crippen LogP contribution in [0.2, 0.25) is 5.02 Å². The first-order chi connectivity index (χ1) is 10.0. The van der Waals surface area contributed by atoms with E-state index < -0.39 is 5.82 Å². The third-order valence-electron chi connectivity index (χ3n) is 3.49. The maximum Gasteiger partial charge on any atom is 0.260 e. The van der Waals surface area contributed by atoms with Crippen molar-refractivity contribution in [1.29, 1.82) is 0 Å². The quantitative estimate of drug-likeness (QED) is 0.893. The smallest absolute Gasteiger partial charge is 0.260 e. The van der Waals surface area contributed by atoms with E-state index in [-0.39, 0.29) is 36.3 Å². The molecule has 1 amide bonds. The monoisotopic (exact) mass is 317 g/mol. The molecule has 7 heteroatoms. The lowest BCUT2D eigenvalue weighted by atomic mass is 10.2. The summed E-state index contributed by atoms with van der Waals surface area (Å²) in [7, 11) is 1.57. The number of carbonyl (C=O) groups excluding carboxylic acids is 1. The van der Waals surface area contributed by atoms with Gasteiger partial charge in [-0.05, 0) is 18.6 Å². The fourth-order valence-electron chi connectivity index (χ4n) is 2.32. The number of likely N-dealkylation sites (tertiary alicyclic amines) is 1. The van der Waals surface area contributed by atoms with E-state index in [9.17, 15) is 14.3 Å². The molecule has 1 saturated heterocycles. The lowest BCUT2D eigenvalue weighted by Gasteiger charge is -2.22. The van der Waals surface area contributed by atoms with Crippen molar-refractivity contribution < 1.29 is 23.8 Å². The molecule has 1 aromatic carbocycles. The van der Waals surface area contributed by atoms with Gasteiger partial charge in [0.1, 0.15) is 11.6 Å².